The third-order valence-corrected chi connectivity index (χ3v) is 4.39. The van der Waals surface area contributed by atoms with Crippen LogP contribution in [0, 0.1) is 0 Å². The van der Waals surface area contributed by atoms with Crippen molar-refractivity contribution in [2.24, 2.45) is 0 Å². The molecule has 6 heteroatoms. The van der Waals surface area contributed by atoms with Crippen molar-refractivity contribution in [3.05, 3.63) is 0 Å². The van der Waals surface area contributed by atoms with Gasteiger partial charge < -0.3 is 15.0 Å². The molecule has 0 aromatic carbocycles. The lowest BCUT2D eigenvalue weighted by molar-refractivity contribution is -0.143. The molecule has 0 aromatic rings. The Bertz CT molecular complexity index is 312. The molecule has 132 valence electrons. The molecule has 0 rings (SSSR count). The van der Waals surface area contributed by atoms with Crippen LogP contribution in [0.15, 0.2) is 0 Å². The Balaban J connectivity index is 3.94. The van der Waals surface area contributed by atoms with E-state index >= 15 is 0 Å². The van der Waals surface area contributed by atoms with E-state index in [1.54, 1.807) is 11.9 Å². The van der Waals surface area contributed by atoms with Crippen molar-refractivity contribution in [2.45, 2.75) is 64.9 Å². The summed E-state index contributed by atoms with van der Waals surface area (Å²) in [7, 11) is 2.04. The van der Waals surface area contributed by atoms with Gasteiger partial charge in [0.15, 0.2) is 0 Å². The molecule has 22 heavy (non-hydrogen) atoms. The molecule has 0 spiro atoms. The quantitative estimate of drug-likeness (QED) is 0.537. The lowest BCUT2D eigenvalue weighted by Crippen LogP contribution is -2.46. The van der Waals surface area contributed by atoms with Crippen molar-refractivity contribution in [1.29, 1.82) is 0 Å². The second-order valence-corrected chi connectivity index (χ2v) is 7.90. The summed E-state index contributed by atoms with van der Waals surface area (Å²) in [6, 6.07) is 0.365. The molecule has 0 aliphatic heterocycles. The predicted molar refractivity (Wildman–Crippen MR) is 96.2 cm³/mol. The fourth-order valence-electron chi connectivity index (χ4n) is 1.60. The van der Waals surface area contributed by atoms with E-state index in [-0.39, 0.29) is 5.91 Å². The fraction of sp³-hybridized carbons (Fsp3) is 0.938. The number of carbonyl (C=O) groups is 1. The van der Waals surface area contributed by atoms with Crippen LogP contribution in [0.1, 0.15) is 48.0 Å². The van der Waals surface area contributed by atoms with Gasteiger partial charge in [-0.2, -0.15) is 0 Å². The van der Waals surface area contributed by atoms with Crippen LogP contribution in [0.2, 0.25) is 0 Å². The molecule has 2 N–H and O–H groups in total. The molecule has 1 amide bonds. The van der Waals surface area contributed by atoms with Crippen LogP contribution in [0.3, 0.4) is 0 Å². The molecule has 0 aliphatic rings. The fourth-order valence-corrected chi connectivity index (χ4v) is 2.22. The number of hydrogen-bond donors (Lipinski definition) is 2. The van der Waals surface area contributed by atoms with E-state index in [1.165, 1.54) is 0 Å². The summed E-state index contributed by atoms with van der Waals surface area (Å²) in [6.07, 6.45) is 0.884. The van der Waals surface area contributed by atoms with Crippen molar-refractivity contribution in [2.75, 3.05) is 33.3 Å². The topological polar surface area (TPSA) is 53.6 Å². The maximum Gasteiger partial charge on any atom is 0.251 e. The van der Waals surface area contributed by atoms with Gasteiger partial charge >= 0.3 is 0 Å². The molecule has 0 aliphatic carbocycles. The van der Waals surface area contributed by atoms with Crippen molar-refractivity contribution in [3.8, 4) is 0 Å². The van der Waals surface area contributed by atoms with Crippen molar-refractivity contribution in [3.63, 3.8) is 0 Å². The zero-order valence-corrected chi connectivity index (χ0v) is 16.2. The van der Waals surface area contributed by atoms with E-state index in [4.69, 9.17) is 4.74 Å². The Hall–Kier alpha value is -0.300. The summed E-state index contributed by atoms with van der Waals surface area (Å²) in [4.78, 5) is 14.3. The molecular weight excluding hydrogens is 298 g/mol. The largest absolute Gasteiger partial charge is 0.366 e. The van der Waals surface area contributed by atoms with Gasteiger partial charge in [-0.05, 0) is 40.8 Å². The second-order valence-electron chi connectivity index (χ2n) is 6.48. The van der Waals surface area contributed by atoms with Crippen molar-refractivity contribution < 1.29 is 9.53 Å². The number of rotatable bonds is 12. The third kappa shape index (κ3) is 10.4. The molecular formula is C16H35N3O2S. The molecule has 0 aromatic heterocycles. The summed E-state index contributed by atoms with van der Waals surface area (Å²) in [5.41, 5.74) is -0.782. The average molecular weight is 334 g/mol. The highest BCUT2D eigenvalue weighted by Crippen LogP contribution is 2.12. The highest BCUT2D eigenvalue weighted by atomic mass is 32.2. The number of ether oxygens (including phenoxy) is 1. The van der Waals surface area contributed by atoms with Gasteiger partial charge in [0.2, 0.25) is 0 Å². The van der Waals surface area contributed by atoms with Crippen LogP contribution in [-0.2, 0) is 9.53 Å². The van der Waals surface area contributed by atoms with Crippen LogP contribution in [-0.4, -0.2) is 61.0 Å². The van der Waals surface area contributed by atoms with Gasteiger partial charge in [-0.1, -0.05) is 32.7 Å². The molecule has 0 bridgehead atoms. The van der Waals surface area contributed by atoms with E-state index in [9.17, 15) is 4.79 Å². The monoisotopic (exact) mass is 333 g/mol. The van der Waals surface area contributed by atoms with Crippen LogP contribution < -0.4 is 10.0 Å². The van der Waals surface area contributed by atoms with Gasteiger partial charge in [-0.15, -0.1) is 0 Å². The summed E-state index contributed by atoms with van der Waals surface area (Å²) < 4.78 is 9.16. The van der Waals surface area contributed by atoms with E-state index < -0.39 is 5.60 Å². The smallest absolute Gasteiger partial charge is 0.251 e. The number of carbonyl (C=O) groups excluding carboxylic acids is 1. The summed E-state index contributed by atoms with van der Waals surface area (Å²) in [5, 5.41) is 3.50. The van der Waals surface area contributed by atoms with Gasteiger partial charge in [0.25, 0.3) is 5.91 Å². The third-order valence-electron chi connectivity index (χ3n) is 3.38. The minimum atomic E-state index is -0.782. The SMILES string of the molecule is CCN(C)CCNC(=O)C(C)(C)OCCC(C)NSC(C)C. The van der Waals surface area contributed by atoms with Crippen molar-refractivity contribution >= 4 is 17.9 Å². The zero-order chi connectivity index (χ0) is 17.2. The number of hydrogen-bond acceptors (Lipinski definition) is 5. The van der Waals surface area contributed by atoms with Gasteiger partial charge in [0.1, 0.15) is 5.60 Å². The van der Waals surface area contributed by atoms with E-state index in [0.717, 1.165) is 19.5 Å². The molecule has 1 atom stereocenters. The lowest BCUT2D eigenvalue weighted by atomic mass is 10.1. The minimum Gasteiger partial charge on any atom is -0.366 e. The molecule has 0 radical (unpaired) electrons. The Morgan fingerprint density at radius 1 is 1.32 bits per heavy atom. The molecule has 0 heterocycles. The molecule has 0 saturated heterocycles. The normalized spacial score (nSPS) is 13.7. The summed E-state index contributed by atoms with van der Waals surface area (Å²) >= 11 is 1.73. The van der Waals surface area contributed by atoms with E-state index in [0.29, 0.717) is 24.4 Å². The maximum absolute atomic E-state index is 12.2. The average Bonchev–Trinajstić information content (AvgIpc) is 2.44. The second kappa shape index (κ2) is 11.3. The van der Waals surface area contributed by atoms with Gasteiger partial charge in [-0.25, -0.2) is 0 Å². The number of amides is 1. The number of nitrogens with zero attached hydrogens (tertiary/aromatic N) is 1. The summed E-state index contributed by atoms with van der Waals surface area (Å²) in [6.45, 7) is 15.3. The highest BCUT2D eigenvalue weighted by Gasteiger charge is 2.28. The number of likely N-dealkylation sites (N-methyl/N-ethyl adjacent to an activating group) is 1. The van der Waals surface area contributed by atoms with Gasteiger partial charge in [0, 0.05) is 31.0 Å². The first-order valence-corrected chi connectivity index (χ1v) is 9.09. The molecule has 0 fully saturated rings. The van der Waals surface area contributed by atoms with Gasteiger partial charge in [0.05, 0.1) is 0 Å². The van der Waals surface area contributed by atoms with Crippen LogP contribution >= 0.6 is 11.9 Å². The highest BCUT2D eigenvalue weighted by molar-refractivity contribution is 7.98. The van der Waals surface area contributed by atoms with Gasteiger partial charge in [-0.3, -0.25) is 9.52 Å². The Morgan fingerprint density at radius 2 is 1.95 bits per heavy atom. The Kier molecular flexibility index (Phi) is 11.1. The standard InChI is InChI=1S/C16H35N3O2S/c1-8-19(7)11-10-17-15(20)16(5,6)21-12-9-14(4)18-22-13(2)3/h13-14,18H,8-12H2,1-7H3,(H,17,20). The molecule has 5 nitrogen and oxygen atoms in total. The lowest BCUT2D eigenvalue weighted by Gasteiger charge is -2.26. The van der Waals surface area contributed by atoms with Crippen LogP contribution in [0.5, 0.6) is 0 Å². The van der Waals surface area contributed by atoms with E-state index in [1.807, 2.05) is 20.9 Å². The Morgan fingerprint density at radius 3 is 2.50 bits per heavy atom. The van der Waals surface area contributed by atoms with E-state index in [2.05, 4.69) is 42.6 Å². The number of nitrogens with one attached hydrogen (secondary N) is 2. The van der Waals surface area contributed by atoms with Crippen molar-refractivity contribution in [1.82, 2.24) is 14.9 Å². The van der Waals surface area contributed by atoms with Crippen LogP contribution in [0.25, 0.3) is 0 Å². The Labute approximate surface area is 141 Å². The minimum absolute atomic E-state index is 0.0471. The zero-order valence-electron chi connectivity index (χ0n) is 15.4. The predicted octanol–water partition coefficient (Wildman–Crippen LogP) is 2.27. The molecule has 0 saturated carbocycles. The molecule has 1 unspecified atom stereocenters. The van der Waals surface area contributed by atoms with Crippen LogP contribution in [0.4, 0.5) is 0 Å². The summed E-state index contributed by atoms with van der Waals surface area (Å²) in [5.74, 6) is -0.0471. The first kappa shape index (κ1) is 21.7. The maximum atomic E-state index is 12.2. The first-order chi connectivity index (χ1) is 10.2. The first-order valence-electron chi connectivity index (χ1n) is 8.21.